The number of nitrogens with zero attached hydrogens (tertiary/aromatic N) is 3. The Morgan fingerprint density at radius 3 is 2.32 bits per heavy atom. The molecule has 0 unspecified atom stereocenters. The van der Waals surface area contributed by atoms with Crippen molar-refractivity contribution in [2.24, 2.45) is 5.41 Å². The Labute approximate surface area is 307 Å². The summed E-state index contributed by atoms with van der Waals surface area (Å²) in [6.45, 7) is 3.23. The van der Waals surface area contributed by atoms with Crippen molar-refractivity contribution in [2.75, 3.05) is 37.3 Å². The molecule has 1 aromatic heterocycles. The number of hydrogen-bond donors (Lipinski definition) is 4. The molecule has 3 aromatic carbocycles. The van der Waals surface area contributed by atoms with Gasteiger partial charge in [0.2, 0.25) is 17.7 Å². The van der Waals surface area contributed by atoms with Gasteiger partial charge in [-0.15, -0.1) is 0 Å². The summed E-state index contributed by atoms with van der Waals surface area (Å²) in [5.41, 5.74) is 4.40. The summed E-state index contributed by atoms with van der Waals surface area (Å²) in [4.78, 5) is 73.6. The minimum atomic E-state index is -1.06. The molecular weight excluding hydrogens is 672 g/mol. The Hall–Kier alpha value is -5.88. The highest BCUT2D eigenvalue weighted by molar-refractivity contribution is 6.06. The number of aromatic nitrogens is 1. The van der Waals surface area contributed by atoms with E-state index in [1.54, 1.807) is 16.0 Å². The lowest BCUT2D eigenvalue weighted by Crippen LogP contribution is -2.51. The Morgan fingerprint density at radius 1 is 0.906 bits per heavy atom. The maximum absolute atomic E-state index is 14.5. The van der Waals surface area contributed by atoms with Crippen LogP contribution in [0.2, 0.25) is 0 Å². The second-order valence-corrected chi connectivity index (χ2v) is 14.5. The smallest absolute Gasteiger partial charge is 0.335 e. The molecule has 3 heterocycles. The molecule has 4 N–H and O–H groups in total. The molecule has 4 amide bonds. The fraction of sp³-hybridized carbons (Fsp3) is 0.317. The lowest BCUT2D eigenvalue weighted by Gasteiger charge is -2.41. The fourth-order valence-electron chi connectivity index (χ4n) is 7.94. The standard InChI is InChI=1S/C41H42N6O6/c1-40(15-18-46(19-16-40)36(49)26-9-11-27(12-10-26)37(50)51)39(53)47(24-30-7-4-3-6-29(30)23-42-2)25-34(48)44-32-14-13-28-21-41(22-31(28)20-32)33-8-5-17-43-35(33)45-38(41)52/h3-14,17,20,42H,15-16,18-19,21-25H2,1-2H3,(H,44,48)(H,50,51)(H,43,45,52)/t41-/m1/s1. The predicted octanol–water partition coefficient (Wildman–Crippen LogP) is 4.40. The number of carboxylic acids is 1. The van der Waals surface area contributed by atoms with Gasteiger partial charge in [-0.05, 0) is 97.4 Å². The van der Waals surface area contributed by atoms with Gasteiger partial charge in [-0.25, -0.2) is 9.78 Å². The monoisotopic (exact) mass is 714 g/mol. The van der Waals surface area contributed by atoms with Gasteiger partial charge in [-0.2, -0.15) is 0 Å². The summed E-state index contributed by atoms with van der Waals surface area (Å²) in [5, 5.41) is 18.3. The number of nitrogens with one attached hydrogen (secondary N) is 3. The van der Waals surface area contributed by atoms with E-state index in [4.69, 9.17) is 0 Å². The van der Waals surface area contributed by atoms with E-state index in [1.807, 2.05) is 68.6 Å². The number of carboxylic acid groups (broad SMARTS) is 1. The zero-order valence-electron chi connectivity index (χ0n) is 29.8. The Morgan fingerprint density at radius 2 is 1.60 bits per heavy atom. The van der Waals surface area contributed by atoms with Gasteiger partial charge in [0.05, 0.1) is 11.0 Å². The van der Waals surface area contributed by atoms with Crippen molar-refractivity contribution >= 4 is 41.1 Å². The molecule has 1 aliphatic carbocycles. The molecular formula is C41H42N6O6. The van der Waals surface area contributed by atoms with Crippen LogP contribution >= 0.6 is 0 Å². The number of hydrogen-bond acceptors (Lipinski definition) is 7. The molecule has 7 rings (SSSR count). The second kappa shape index (κ2) is 14.3. The molecule has 2 aliphatic heterocycles. The van der Waals surface area contributed by atoms with Crippen molar-refractivity contribution in [3.63, 3.8) is 0 Å². The number of carbonyl (C=O) groups excluding carboxylic acids is 4. The van der Waals surface area contributed by atoms with Gasteiger partial charge in [0.15, 0.2) is 0 Å². The van der Waals surface area contributed by atoms with Crippen molar-refractivity contribution in [1.82, 2.24) is 20.1 Å². The molecule has 3 aliphatic rings. The number of carbonyl (C=O) groups is 5. The summed E-state index contributed by atoms with van der Waals surface area (Å²) >= 11 is 0. The Kier molecular flexibility index (Phi) is 9.56. The Balaban J connectivity index is 1.06. The maximum atomic E-state index is 14.5. The van der Waals surface area contributed by atoms with Crippen molar-refractivity contribution in [3.05, 3.63) is 124 Å². The molecule has 1 fully saturated rings. The van der Waals surface area contributed by atoms with E-state index >= 15 is 0 Å². The zero-order chi connectivity index (χ0) is 37.3. The summed E-state index contributed by atoms with van der Waals surface area (Å²) < 4.78 is 0. The number of amides is 4. The first-order valence-electron chi connectivity index (χ1n) is 17.8. The van der Waals surface area contributed by atoms with E-state index in [-0.39, 0.29) is 42.3 Å². The van der Waals surface area contributed by atoms with E-state index in [1.165, 1.54) is 24.3 Å². The van der Waals surface area contributed by atoms with Gasteiger partial charge in [-0.3, -0.25) is 19.2 Å². The molecule has 1 spiro atoms. The molecule has 1 atom stereocenters. The first-order chi connectivity index (χ1) is 25.5. The quantitative estimate of drug-likeness (QED) is 0.188. The summed E-state index contributed by atoms with van der Waals surface area (Å²) in [6.07, 6.45) is 3.51. The van der Waals surface area contributed by atoms with Gasteiger partial charge in [0, 0.05) is 54.6 Å². The van der Waals surface area contributed by atoms with Gasteiger partial charge >= 0.3 is 5.97 Å². The van der Waals surface area contributed by atoms with Crippen molar-refractivity contribution in [3.8, 4) is 0 Å². The number of piperidine rings is 1. The van der Waals surface area contributed by atoms with Crippen LogP contribution in [0.25, 0.3) is 0 Å². The van der Waals surface area contributed by atoms with Crippen LogP contribution in [-0.2, 0) is 45.7 Å². The number of benzene rings is 3. The third-order valence-electron chi connectivity index (χ3n) is 11.0. The molecule has 272 valence electrons. The van der Waals surface area contributed by atoms with Crippen LogP contribution in [0.4, 0.5) is 11.5 Å². The van der Waals surface area contributed by atoms with Crippen LogP contribution in [0.1, 0.15) is 68.3 Å². The lowest BCUT2D eigenvalue weighted by atomic mass is 9.78. The first-order valence-corrected chi connectivity index (χ1v) is 17.8. The first kappa shape index (κ1) is 35.5. The van der Waals surface area contributed by atoms with E-state index in [0.717, 1.165) is 27.8 Å². The van der Waals surface area contributed by atoms with Crippen LogP contribution in [0, 0.1) is 5.41 Å². The number of fused-ring (bicyclic) bond motifs is 3. The highest BCUT2D eigenvalue weighted by Crippen LogP contribution is 2.47. The second-order valence-electron chi connectivity index (χ2n) is 14.5. The van der Waals surface area contributed by atoms with Gasteiger partial charge in [0.25, 0.3) is 5.91 Å². The van der Waals surface area contributed by atoms with Crippen LogP contribution < -0.4 is 16.0 Å². The maximum Gasteiger partial charge on any atom is 0.335 e. The normalized spacial score (nSPS) is 18.2. The van der Waals surface area contributed by atoms with Gasteiger partial charge < -0.3 is 30.9 Å². The minimum absolute atomic E-state index is 0.0706. The predicted molar refractivity (Wildman–Crippen MR) is 198 cm³/mol. The third kappa shape index (κ3) is 6.89. The molecule has 1 saturated heterocycles. The summed E-state index contributed by atoms with van der Waals surface area (Å²) in [5.74, 6) is -1.26. The molecule has 4 aromatic rings. The molecule has 53 heavy (non-hydrogen) atoms. The molecule has 12 heteroatoms. The van der Waals surface area contributed by atoms with E-state index < -0.39 is 16.8 Å². The van der Waals surface area contributed by atoms with E-state index in [2.05, 4.69) is 20.9 Å². The molecule has 0 saturated carbocycles. The number of likely N-dealkylation sites (tertiary alicyclic amines) is 1. The highest BCUT2D eigenvalue weighted by Gasteiger charge is 2.51. The van der Waals surface area contributed by atoms with Crippen LogP contribution in [0.15, 0.2) is 85.1 Å². The van der Waals surface area contributed by atoms with Crippen molar-refractivity contribution in [1.29, 1.82) is 0 Å². The van der Waals surface area contributed by atoms with Crippen molar-refractivity contribution in [2.45, 2.75) is 51.1 Å². The summed E-state index contributed by atoms with van der Waals surface area (Å²) in [6, 6.07) is 23.2. The number of pyridine rings is 1. The van der Waals surface area contributed by atoms with Gasteiger partial charge in [0.1, 0.15) is 12.4 Å². The summed E-state index contributed by atoms with van der Waals surface area (Å²) in [7, 11) is 1.86. The average Bonchev–Trinajstić information content (AvgIpc) is 3.67. The van der Waals surface area contributed by atoms with E-state index in [9.17, 15) is 29.1 Å². The number of rotatable bonds is 10. The highest BCUT2D eigenvalue weighted by atomic mass is 16.4. The molecule has 0 radical (unpaired) electrons. The molecule has 0 bridgehead atoms. The Bertz CT molecular complexity index is 2110. The van der Waals surface area contributed by atoms with Gasteiger partial charge in [-0.1, -0.05) is 43.3 Å². The largest absolute Gasteiger partial charge is 0.478 e. The van der Waals surface area contributed by atoms with Crippen LogP contribution in [0.5, 0.6) is 0 Å². The van der Waals surface area contributed by atoms with Crippen LogP contribution in [0.3, 0.4) is 0 Å². The number of aromatic carboxylic acids is 1. The fourth-order valence-corrected chi connectivity index (χ4v) is 7.94. The zero-order valence-corrected chi connectivity index (χ0v) is 29.8. The minimum Gasteiger partial charge on any atom is -0.478 e. The molecule has 12 nitrogen and oxygen atoms in total. The number of anilines is 2. The van der Waals surface area contributed by atoms with Crippen LogP contribution in [-0.4, -0.2) is 76.2 Å². The third-order valence-corrected chi connectivity index (χ3v) is 11.0. The lowest BCUT2D eigenvalue weighted by molar-refractivity contribution is -0.146. The topological polar surface area (TPSA) is 161 Å². The van der Waals surface area contributed by atoms with E-state index in [0.29, 0.717) is 62.4 Å². The van der Waals surface area contributed by atoms with Crippen molar-refractivity contribution < 1.29 is 29.1 Å². The SMILES string of the molecule is CNCc1ccccc1CN(CC(=O)Nc1ccc2c(c1)C[C@@]1(C2)C(=O)Nc2ncccc21)C(=O)C1(C)CCN(C(=O)c2ccc(C(=O)O)cc2)CC1. The average molecular weight is 715 g/mol.